The number of para-hydroxylation sites is 2. The van der Waals surface area contributed by atoms with E-state index in [1.165, 1.54) is 24.5 Å². The van der Waals surface area contributed by atoms with Crippen LogP contribution in [0, 0.1) is 0 Å². The molecule has 0 unspecified atom stereocenters. The third-order valence-electron chi connectivity index (χ3n) is 4.71. The molecule has 0 aliphatic carbocycles. The fourth-order valence-electron chi connectivity index (χ4n) is 3.24. The van der Waals surface area contributed by atoms with Crippen molar-refractivity contribution in [3.63, 3.8) is 0 Å². The molecule has 2 aromatic heterocycles. The Balaban J connectivity index is 1.39. The van der Waals surface area contributed by atoms with Gasteiger partial charge in [-0.3, -0.25) is 9.97 Å². The summed E-state index contributed by atoms with van der Waals surface area (Å²) in [6, 6.07) is 16.9. The van der Waals surface area contributed by atoms with Crippen molar-refractivity contribution in [1.82, 2.24) is 19.4 Å². The molecule has 2 heterocycles. The number of aromatic nitrogens is 2. The average Bonchev–Trinajstić information content (AvgIpc) is 2.78. The quantitative estimate of drug-likeness (QED) is 0.393. The minimum atomic E-state index is -3.78. The Bertz CT molecular complexity index is 1330. The van der Waals surface area contributed by atoms with Crippen LogP contribution >= 0.6 is 0 Å². The van der Waals surface area contributed by atoms with Gasteiger partial charge >= 0.3 is 0 Å². The zero-order valence-corrected chi connectivity index (χ0v) is 18.0. The van der Waals surface area contributed by atoms with Gasteiger partial charge in [0.2, 0.25) is 20.0 Å². The molecule has 0 amide bonds. The van der Waals surface area contributed by atoms with Crippen LogP contribution in [-0.4, -0.2) is 39.9 Å². The second kappa shape index (κ2) is 8.67. The van der Waals surface area contributed by atoms with Gasteiger partial charge in [-0.2, -0.15) is 0 Å². The van der Waals surface area contributed by atoms with Crippen LogP contribution in [0.15, 0.2) is 82.8 Å². The largest absolute Gasteiger partial charge is 0.255 e. The lowest BCUT2D eigenvalue weighted by Crippen LogP contribution is -2.30. The molecular formula is C21H20N4O4S2. The topological polar surface area (TPSA) is 118 Å². The predicted octanol–water partition coefficient (Wildman–Crippen LogP) is 2.43. The molecule has 10 heteroatoms. The van der Waals surface area contributed by atoms with Gasteiger partial charge in [0.15, 0.2) is 0 Å². The highest BCUT2D eigenvalue weighted by Crippen LogP contribution is 2.21. The van der Waals surface area contributed by atoms with E-state index in [-0.39, 0.29) is 29.3 Å². The molecule has 0 saturated heterocycles. The fourth-order valence-corrected chi connectivity index (χ4v) is 5.75. The molecule has 0 aliphatic heterocycles. The molecule has 4 aromatic rings. The number of nitrogens with zero attached hydrogens (tertiary/aromatic N) is 2. The van der Waals surface area contributed by atoms with Gasteiger partial charge in [-0.1, -0.05) is 36.4 Å². The molecule has 8 nitrogen and oxygen atoms in total. The smallest absolute Gasteiger partial charge is 0.242 e. The predicted molar refractivity (Wildman–Crippen MR) is 118 cm³/mol. The maximum absolute atomic E-state index is 12.7. The van der Waals surface area contributed by atoms with E-state index in [1.54, 1.807) is 48.5 Å². The van der Waals surface area contributed by atoms with Gasteiger partial charge in [0.25, 0.3) is 0 Å². The molecule has 31 heavy (non-hydrogen) atoms. The van der Waals surface area contributed by atoms with Crippen LogP contribution in [-0.2, 0) is 20.0 Å². The van der Waals surface area contributed by atoms with Gasteiger partial charge in [0.05, 0.1) is 11.0 Å². The molecular weight excluding hydrogens is 436 g/mol. The lowest BCUT2D eigenvalue weighted by molar-refractivity contribution is 0.573. The van der Waals surface area contributed by atoms with Crippen LogP contribution in [0.25, 0.3) is 21.8 Å². The van der Waals surface area contributed by atoms with Gasteiger partial charge in [0.1, 0.15) is 9.79 Å². The number of benzene rings is 2. The van der Waals surface area contributed by atoms with Crippen molar-refractivity contribution >= 4 is 41.9 Å². The van der Waals surface area contributed by atoms with Gasteiger partial charge in [-0.05, 0) is 30.7 Å². The van der Waals surface area contributed by atoms with Crippen molar-refractivity contribution in [3.8, 4) is 0 Å². The third-order valence-corrected chi connectivity index (χ3v) is 7.69. The first kappa shape index (κ1) is 21.3. The Labute approximate surface area is 180 Å². The molecule has 2 aromatic carbocycles. The minimum absolute atomic E-state index is 0.0713. The summed E-state index contributed by atoms with van der Waals surface area (Å²) in [5, 5.41) is 1.45. The van der Waals surface area contributed by atoms with Gasteiger partial charge < -0.3 is 0 Å². The van der Waals surface area contributed by atoms with E-state index in [0.717, 1.165) is 10.8 Å². The van der Waals surface area contributed by atoms with Crippen LogP contribution in [0.4, 0.5) is 0 Å². The highest BCUT2D eigenvalue weighted by atomic mass is 32.2. The summed E-state index contributed by atoms with van der Waals surface area (Å²) < 4.78 is 55.7. The lowest BCUT2D eigenvalue weighted by atomic mass is 10.2. The van der Waals surface area contributed by atoms with Gasteiger partial charge in [0, 0.05) is 36.3 Å². The first-order valence-electron chi connectivity index (χ1n) is 9.55. The van der Waals surface area contributed by atoms with Crippen molar-refractivity contribution in [3.05, 3.63) is 73.1 Å². The van der Waals surface area contributed by atoms with Gasteiger partial charge in [-0.25, -0.2) is 26.3 Å². The second-order valence-corrected chi connectivity index (χ2v) is 10.3. The monoisotopic (exact) mass is 456 g/mol. The summed E-state index contributed by atoms with van der Waals surface area (Å²) in [5.74, 6) is 0. The molecule has 0 spiro atoms. The standard InChI is InChI=1S/C21H20N4O4S2/c26-30(27,18-10-1-6-16-8-3-12-22-20(16)18)24-14-5-15-25-31(28,29)19-11-2-7-17-9-4-13-23-21(17)19/h1-4,6-13,24-25H,5,14-15H2. The summed E-state index contributed by atoms with van der Waals surface area (Å²) in [4.78, 5) is 8.51. The number of sulfonamides is 2. The van der Waals surface area contributed by atoms with Crippen molar-refractivity contribution < 1.29 is 16.8 Å². The first-order chi connectivity index (χ1) is 14.9. The zero-order chi connectivity index (χ0) is 21.9. The number of pyridine rings is 2. The van der Waals surface area contributed by atoms with E-state index in [9.17, 15) is 16.8 Å². The summed E-state index contributed by atoms with van der Waals surface area (Å²) in [6.45, 7) is 0.143. The average molecular weight is 457 g/mol. The van der Waals surface area contributed by atoms with Crippen LogP contribution < -0.4 is 9.44 Å². The first-order valence-corrected chi connectivity index (χ1v) is 12.5. The van der Waals surface area contributed by atoms with E-state index in [0.29, 0.717) is 11.0 Å². The summed E-state index contributed by atoms with van der Waals surface area (Å²) in [5.41, 5.74) is 0.781. The Morgan fingerprint density at radius 1 is 0.613 bits per heavy atom. The van der Waals surface area contributed by atoms with Crippen LogP contribution in [0.5, 0.6) is 0 Å². The number of fused-ring (bicyclic) bond motifs is 2. The number of rotatable bonds is 8. The van der Waals surface area contributed by atoms with Crippen molar-refractivity contribution in [1.29, 1.82) is 0 Å². The van der Waals surface area contributed by atoms with Crippen LogP contribution in [0.1, 0.15) is 6.42 Å². The summed E-state index contributed by atoms with van der Waals surface area (Å²) in [7, 11) is -7.57. The van der Waals surface area contributed by atoms with E-state index in [2.05, 4.69) is 19.4 Å². The highest BCUT2D eigenvalue weighted by molar-refractivity contribution is 7.90. The number of hydrogen-bond donors (Lipinski definition) is 2. The van der Waals surface area contributed by atoms with Crippen LogP contribution in [0.3, 0.4) is 0 Å². The summed E-state index contributed by atoms with van der Waals surface area (Å²) >= 11 is 0. The van der Waals surface area contributed by atoms with E-state index in [1.807, 2.05) is 0 Å². The maximum Gasteiger partial charge on any atom is 0.242 e. The number of hydrogen-bond acceptors (Lipinski definition) is 6. The minimum Gasteiger partial charge on any atom is -0.255 e. The molecule has 0 radical (unpaired) electrons. The molecule has 0 fully saturated rings. The SMILES string of the molecule is O=S(=O)(NCCCNS(=O)(=O)c1cccc2cccnc12)c1cccc2cccnc12. The molecule has 0 bridgehead atoms. The van der Waals surface area contributed by atoms with E-state index in [4.69, 9.17) is 0 Å². The van der Waals surface area contributed by atoms with Crippen molar-refractivity contribution in [2.45, 2.75) is 16.2 Å². The second-order valence-electron chi connectivity index (χ2n) is 6.81. The van der Waals surface area contributed by atoms with E-state index < -0.39 is 20.0 Å². The summed E-state index contributed by atoms with van der Waals surface area (Å²) in [6.07, 6.45) is 3.35. The Morgan fingerprint density at radius 3 is 1.48 bits per heavy atom. The lowest BCUT2D eigenvalue weighted by Gasteiger charge is -2.10. The number of nitrogens with one attached hydrogen (secondary N) is 2. The molecule has 160 valence electrons. The normalized spacial score (nSPS) is 12.4. The molecule has 0 saturated carbocycles. The Kier molecular flexibility index (Phi) is 5.96. The fraction of sp³-hybridized carbons (Fsp3) is 0.143. The van der Waals surface area contributed by atoms with Gasteiger partial charge in [-0.15, -0.1) is 0 Å². The third kappa shape index (κ3) is 4.57. The van der Waals surface area contributed by atoms with Crippen molar-refractivity contribution in [2.75, 3.05) is 13.1 Å². The maximum atomic E-state index is 12.7. The zero-order valence-electron chi connectivity index (χ0n) is 16.4. The molecule has 4 rings (SSSR count). The van der Waals surface area contributed by atoms with Crippen molar-refractivity contribution in [2.24, 2.45) is 0 Å². The van der Waals surface area contributed by atoms with Crippen LogP contribution in [0.2, 0.25) is 0 Å². The Morgan fingerprint density at radius 2 is 1.03 bits per heavy atom. The molecule has 0 aliphatic rings. The van der Waals surface area contributed by atoms with E-state index >= 15 is 0 Å². The highest BCUT2D eigenvalue weighted by Gasteiger charge is 2.19. The molecule has 2 N–H and O–H groups in total. The Hall–Kier alpha value is -2.92. The molecule has 0 atom stereocenters.